The van der Waals surface area contributed by atoms with Crippen LogP contribution in [0.3, 0.4) is 0 Å². The predicted molar refractivity (Wildman–Crippen MR) is 112 cm³/mol. The predicted octanol–water partition coefficient (Wildman–Crippen LogP) is 4.97. The summed E-state index contributed by atoms with van der Waals surface area (Å²) in [6.45, 7) is 0. The quantitative estimate of drug-likeness (QED) is 0.493. The van der Waals surface area contributed by atoms with Gasteiger partial charge in [0.25, 0.3) is 11.8 Å². The summed E-state index contributed by atoms with van der Waals surface area (Å²) in [5.74, 6) is -1.54. The first kappa shape index (κ1) is 23.0. The number of benzene rings is 1. The molecule has 31 heavy (non-hydrogen) atoms. The lowest BCUT2D eigenvalue weighted by atomic mass is 10.1. The van der Waals surface area contributed by atoms with Crippen LogP contribution >= 0.6 is 39.1 Å². The number of nitrogens with zero attached hydrogens (tertiary/aromatic N) is 3. The average Bonchev–Trinajstić information content (AvgIpc) is 3.09. The Morgan fingerprint density at radius 3 is 2.45 bits per heavy atom. The van der Waals surface area contributed by atoms with Gasteiger partial charge in [0.2, 0.25) is 0 Å². The fraction of sp³-hybridized carbons (Fsp3) is 0.111. The van der Waals surface area contributed by atoms with Crippen molar-refractivity contribution in [1.82, 2.24) is 20.1 Å². The van der Waals surface area contributed by atoms with Gasteiger partial charge in [0.05, 0.1) is 26.9 Å². The van der Waals surface area contributed by atoms with E-state index in [0.29, 0.717) is 12.1 Å². The van der Waals surface area contributed by atoms with Crippen molar-refractivity contribution >= 4 is 56.6 Å². The van der Waals surface area contributed by atoms with E-state index in [1.54, 1.807) is 6.07 Å². The highest BCUT2D eigenvalue weighted by Gasteiger charge is 2.33. The molecule has 0 fully saturated rings. The highest BCUT2D eigenvalue weighted by atomic mass is 79.9. The molecule has 2 amide bonds. The largest absolute Gasteiger partial charge is 0.416 e. The SMILES string of the molecule is CNC(=O)c1cc(C(F)(F)F)cc(Cl)c1NC(=O)c1cc(Br)nn1-c1ncccc1Cl. The lowest BCUT2D eigenvalue weighted by Crippen LogP contribution is -2.24. The molecule has 1 aromatic carbocycles. The molecule has 0 radical (unpaired) electrons. The number of anilines is 1. The van der Waals surface area contributed by atoms with Crippen LogP contribution in [0, 0.1) is 0 Å². The van der Waals surface area contributed by atoms with Gasteiger partial charge in [0, 0.05) is 19.3 Å². The molecule has 2 aromatic heterocycles. The molecular formula is C18H11BrCl2F3N5O2. The average molecular weight is 537 g/mol. The summed E-state index contributed by atoms with van der Waals surface area (Å²) in [4.78, 5) is 29.2. The number of amides is 2. The Kier molecular flexibility index (Phi) is 6.58. The van der Waals surface area contributed by atoms with E-state index in [2.05, 4.69) is 36.6 Å². The van der Waals surface area contributed by atoms with Gasteiger partial charge in [0.15, 0.2) is 5.82 Å². The van der Waals surface area contributed by atoms with Crippen molar-refractivity contribution in [2.45, 2.75) is 6.18 Å². The summed E-state index contributed by atoms with van der Waals surface area (Å²) in [6.07, 6.45) is -3.30. The molecule has 0 bridgehead atoms. The molecule has 3 aromatic rings. The van der Waals surface area contributed by atoms with E-state index in [9.17, 15) is 22.8 Å². The van der Waals surface area contributed by atoms with Crippen LogP contribution in [0.5, 0.6) is 0 Å². The summed E-state index contributed by atoms with van der Waals surface area (Å²) >= 11 is 15.3. The van der Waals surface area contributed by atoms with Gasteiger partial charge < -0.3 is 10.6 Å². The number of halogens is 6. The van der Waals surface area contributed by atoms with Gasteiger partial charge in [-0.2, -0.15) is 18.3 Å². The third kappa shape index (κ3) is 4.83. The molecule has 162 valence electrons. The van der Waals surface area contributed by atoms with E-state index in [-0.39, 0.29) is 26.8 Å². The summed E-state index contributed by atoms with van der Waals surface area (Å²) in [6, 6.07) is 5.69. The standard InChI is InChI=1S/C18H11BrCl2F3N5O2/c1-25-16(30)9-5-8(18(22,23)24)6-11(21)14(9)27-17(31)12-7-13(19)28-29(12)15-10(20)3-2-4-26-15/h2-7H,1H3,(H,25,30)(H,27,31). The van der Waals surface area contributed by atoms with Crippen LogP contribution in [0.25, 0.3) is 5.82 Å². The zero-order valence-corrected chi connectivity index (χ0v) is 18.5. The maximum atomic E-state index is 13.1. The van der Waals surface area contributed by atoms with Crippen LogP contribution in [0.1, 0.15) is 26.4 Å². The third-order valence-electron chi connectivity index (χ3n) is 3.98. The van der Waals surface area contributed by atoms with Gasteiger partial charge in [-0.3, -0.25) is 9.59 Å². The molecule has 0 aliphatic carbocycles. The Labute approximate surface area is 191 Å². The summed E-state index contributed by atoms with van der Waals surface area (Å²) < 4.78 is 40.8. The van der Waals surface area contributed by atoms with Crippen molar-refractivity contribution in [3.63, 3.8) is 0 Å². The molecule has 3 rings (SSSR count). The first-order chi connectivity index (χ1) is 14.5. The Balaban J connectivity index is 2.07. The Hall–Kier alpha value is -2.63. The van der Waals surface area contributed by atoms with Crippen molar-refractivity contribution in [1.29, 1.82) is 0 Å². The zero-order chi connectivity index (χ0) is 22.9. The van der Waals surface area contributed by atoms with Gasteiger partial charge in [0.1, 0.15) is 10.3 Å². The van der Waals surface area contributed by atoms with Gasteiger partial charge in [-0.05, 0) is 40.2 Å². The lowest BCUT2D eigenvalue weighted by Gasteiger charge is -2.16. The second-order valence-corrected chi connectivity index (χ2v) is 7.61. The maximum Gasteiger partial charge on any atom is 0.416 e. The van der Waals surface area contributed by atoms with E-state index in [1.165, 1.54) is 25.4 Å². The highest BCUT2D eigenvalue weighted by Crippen LogP contribution is 2.36. The van der Waals surface area contributed by atoms with Crippen LogP contribution in [-0.2, 0) is 6.18 Å². The van der Waals surface area contributed by atoms with Crippen LogP contribution in [0.2, 0.25) is 10.0 Å². The van der Waals surface area contributed by atoms with Gasteiger partial charge >= 0.3 is 6.18 Å². The third-order valence-corrected chi connectivity index (χ3v) is 4.96. The minimum atomic E-state index is -4.74. The van der Waals surface area contributed by atoms with E-state index in [1.807, 2.05) is 0 Å². The fourth-order valence-electron chi connectivity index (χ4n) is 2.60. The van der Waals surface area contributed by atoms with Crippen LogP contribution in [-0.4, -0.2) is 33.6 Å². The molecule has 2 N–H and O–H groups in total. The summed E-state index contributed by atoms with van der Waals surface area (Å²) in [5.41, 5.74) is -1.96. The van der Waals surface area contributed by atoms with Crippen molar-refractivity contribution in [3.05, 3.63) is 68.0 Å². The number of alkyl halides is 3. The number of nitrogens with one attached hydrogen (secondary N) is 2. The minimum absolute atomic E-state index is 0.0636. The van der Waals surface area contributed by atoms with Crippen molar-refractivity contribution in [3.8, 4) is 5.82 Å². The van der Waals surface area contributed by atoms with Gasteiger partial charge in [-0.25, -0.2) is 9.67 Å². The van der Waals surface area contributed by atoms with E-state index < -0.39 is 34.1 Å². The topological polar surface area (TPSA) is 88.9 Å². The molecule has 13 heteroatoms. The van der Waals surface area contributed by atoms with E-state index in [4.69, 9.17) is 23.2 Å². The number of aromatic nitrogens is 3. The fourth-order valence-corrected chi connectivity index (χ4v) is 3.44. The summed E-state index contributed by atoms with van der Waals surface area (Å²) in [7, 11) is 1.23. The number of rotatable bonds is 4. The Morgan fingerprint density at radius 2 is 1.84 bits per heavy atom. The van der Waals surface area contributed by atoms with E-state index in [0.717, 1.165) is 4.68 Å². The van der Waals surface area contributed by atoms with Crippen LogP contribution in [0.15, 0.2) is 41.1 Å². The van der Waals surface area contributed by atoms with Crippen molar-refractivity contribution in [2.24, 2.45) is 0 Å². The van der Waals surface area contributed by atoms with Gasteiger partial charge in [-0.15, -0.1) is 0 Å². The summed E-state index contributed by atoms with van der Waals surface area (Å²) in [5, 5.41) is 8.44. The molecule has 0 saturated heterocycles. The number of pyridine rings is 1. The van der Waals surface area contributed by atoms with Crippen molar-refractivity contribution in [2.75, 3.05) is 12.4 Å². The highest BCUT2D eigenvalue weighted by molar-refractivity contribution is 9.10. The van der Waals surface area contributed by atoms with Crippen LogP contribution in [0.4, 0.5) is 18.9 Å². The zero-order valence-electron chi connectivity index (χ0n) is 15.4. The smallest absolute Gasteiger partial charge is 0.355 e. The molecular weight excluding hydrogens is 526 g/mol. The van der Waals surface area contributed by atoms with Gasteiger partial charge in [-0.1, -0.05) is 23.2 Å². The molecule has 0 spiro atoms. The molecule has 0 saturated carbocycles. The molecule has 0 unspecified atom stereocenters. The second-order valence-electron chi connectivity index (χ2n) is 5.98. The molecule has 0 aliphatic heterocycles. The Morgan fingerprint density at radius 1 is 1.13 bits per heavy atom. The first-order valence-corrected chi connectivity index (χ1v) is 9.88. The lowest BCUT2D eigenvalue weighted by molar-refractivity contribution is -0.137. The number of carbonyl (C=O) groups is 2. The van der Waals surface area contributed by atoms with Crippen molar-refractivity contribution < 1.29 is 22.8 Å². The normalized spacial score (nSPS) is 11.3. The Bertz CT molecular complexity index is 1180. The van der Waals surface area contributed by atoms with E-state index >= 15 is 0 Å². The molecule has 7 nitrogen and oxygen atoms in total. The molecule has 0 atom stereocenters. The van der Waals surface area contributed by atoms with Crippen LogP contribution < -0.4 is 10.6 Å². The number of carbonyl (C=O) groups excluding carboxylic acids is 2. The second kappa shape index (κ2) is 8.85. The first-order valence-electron chi connectivity index (χ1n) is 8.33. The number of hydrogen-bond donors (Lipinski definition) is 2. The molecule has 2 heterocycles. The maximum absolute atomic E-state index is 13.1. The minimum Gasteiger partial charge on any atom is -0.355 e. The number of hydrogen-bond acceptors (Lipinski definition) is 4. The monoisotopic (exact) mass is 535 g/mol. The molecule has 0 aliphatic rings.